The van der Waals surface area contributed by atoms with Crippen LogP contribution in [0.25, 0.3) is 0 Å². The number of nitrogens with one attached hydrogen (secondary N) is 1. The van der Waals surface area contributed by atoms with Crippen LogP contribution in [0.1, 0.15) is 24.8 Å². The fourth-order valence-electron chi connectivity index (χ4n) is 2.68. The van der Waals surface area contributed by atoms with Gasteiger partial charge < -0.3 is 5.32 Å². The average Bonchev–Trinajstić information content (AvgIpc) is 2.42. The zero-order chi connectivity index (χ0) is 13.7. The number of hydrogen-bond donors (Lipinski definition) is 1. The molecule has 0 aliphatic carbocycles. The summed E-state index contributed by atoms with van der Waals surface area (Å²) in [5.41, 5.74) is 1.06. The molecule has 2 rings (SSSR count). The van der Waals surface area contributed by atoms with E-state index in [1.165, 1.54) is 19.3 Å². The van der Waals surface area contributed by atoms with Gasteiger partial charge in [-0.05, 0) is 85.5 Å². The number of piperidine rings is 1. The zero-order valence-corrected chi connectivity index (χ0v) is 14.3. The summed E-state index contributed by atoms with van der Waals surface area (Å²) >= 11 is 3.19. The number of benzene rings is 1. The van der Waals surface area contributed by atoms with E-state index in [-0.39, 0.29) is 18.2 Å². The SMILES string of the molecule is CNCCC1CCN(Cc2ccc(Br)c(F)c2)CC1.Cl. The predicted molar refractivity (Wildman–Crippen MR) is 87.9 cm³/mol. The maximum Gasteiger partial charge on any atom is 0.137 e. The van der Waals surface area contributed by atoms with Crippen molar-refractivity contribution in [3.8, 4) is 0 Å². The van der Waals surface area contributed by atoms with Gasteiger partial charge in [0.1, 0.15) is 5.82 Å². The maximum absolute atomic E-state index is 13.5. The summed E-state index contributed by atoms with van der Waals surface area (Å²) in [4.78, 5) is 2.43. The first-order valence-electron chi connectivity index (χ1n) is 7.00. The molecule has 20 heavy (non-hydrogen) atoms. The van der Waals surface area contributed by atoms with Gasteiger partial charge in [-0.1, -0.05) is 6.07 Å². The van der Waals surface area contributed by atoms with Crippen molar-refractivity contribution < 1.29 is 4.39 Å². The molecule has 1 saturated heterocycles. The molecule has 0 spiro atoms. The van der Waals surface area contributed by atoms with E-state index in [9.17, 15) is 4.39 Å². The van der Waals surface area contributed by atoms with Gasteiger partial charge in [0.2, 0.25) is 0 Å². The van der Waals surface area contributed by atoms with Gasteiger partial charge in [0.15, 0.2) is 0 Å². The smallest absolute Gasteiger partial charge is 0.137 e. The van der Waals surface area contributed by atoms with E-state index < -0.39 is 0 Å². The Hall–Kier alpha value is -0.160. The van der Waals surface area contributed by atoms with Crippen LogP contribution in [-0.4, -0.2) is 31.6 Å². The summed E-state index contributed by atoms with van der Waals surface area (Å²) in [6.45, 7) is 4.24. The predicted octanol–water partition coefficient (Wildman–Crippen LogP) is 3.83. The molecule has 0 unspecified atom stereocenters. The molecule has 2 nitrogen and oxygen atoms in total. The van der Waals surface area contributed by atoms with Crippen molar-refractivity contribution in [2.75, 3.05) is 26.7 Å². The van der Waals surface area contributed by atoms with Gasteiger partial charge >= 0.3 is 0 Å². The van der Waals surface area contributed by atoms with Crippen LogP contribution in [0.15, 0.2) is 22.7 Å². The monoisotopic (exact) mass is 364 g/mol. The Morgan fingerprint density at radius 1 is 1.35 bits per heavy atom. The van der Waals surface area contributed by atoms with Crippen molar-refractivity contribution >= 4 is 28.3 Å². The van der Waals surface area contributed by atoms with Crippen molar-refractivity contribution in [3.63, 3.8) is 0 Å². The molecule has 1 aliphatic heterocycles. The van der Waals surface area contributed by atoms with E-state index in [0.717, 1.165) is 37.7 Å². The van der Waals surface area contributed by atoms with E-state index in [1.807, 2.05) is 13.1 Å². The van der Waals surface area contributed by atoms with E-state index in [1.54, 1.807) is 12.1 Å². The van der Waals surface area contributed by atoms with Crippen molar-refractivity contribution in [1.82, 2.24) is 10.2 Å². The fraction of sp³-hybridized carbons (Fsp3) is 0.600. The van der Waals surface area contributed by atoms with Crippen LogP contribution < -0.4 is 5.32 Å². The van der Waals surface area contributed by atoms with E-state index in [0.29, 0.717) is 4.47 Å². The Labute approximate surface area is 135 Å². The third-order valence-corrected chi connectivity index (χ3v) is 4.54. The lowest BCUT2D eigenvalue weighted by atomic mass is 9.93. The summed E-state index contributed by atoms with van der Waals surface area (Å²) in [7, 11) is 2.01. The van der Waals surface area contributed by atoms with Crippen molar-refractivity contribution in [2.24, 2.45) is 5.92 Å². The molecule has 5 heteroatoms. The topological polar surface area (TPSA) is 15.3 Å². The second-order valence-corrected chi connectivity index (χ2v) is 6.21. The van der Waals surface area contributed by atoms with Gasteiger partial charge in [-0.15, -0.1) is 12.4 Å². The summed E-state index contributed by atoms with van der Waals surface area (Å²) in [5, 5.41) is 3.22. The molecule has 0 aromatic heterocycles. The highest BCUT2D eigenvalue weighted by atomic mass is 79.9. The lowest BCUT2D eigenvalue weighted by Crippen LogP contribution is -2.34. The Balaban J connectivity index is 0.00000200. The molecular formula is C15H23BrClFN2. The Bertz CT molecular complexity index is 409. The largest absolute Gasteiger partial charge is 0.320 e. The number of nitrogens with zero attached hydrogens (tertiary/aromatic N) is 1. The van der Waals surface area contributed by atoms with Crippen molar-refractivity contribution in [3.05, 3.63) is 34.1 Å². The third kappa shape index (κ3) is 5.32. The molecule has 1 fully saturated rings. The highest BCUT2D eigenvalue weighted by Crippen LogP contribution is 2.22. The number of rotatable bonds is 5. The first kappa shape index (κ1) is 17.9. The normalized spacial score (nSPS) is 16.9. The second-order valence-electron chi connectivity index (χ2n) is 5.36. The third-order valence-electron chi connectivity index (χ3n) is 3.90. The highest BCUT2D eigenvalue weighted by Gasteiger charge is 2.18. The lowest BCUT2D eigenvalue weighted by Gasteiger charge is -2.32. The molecule has 114 valence electrons. The summed E-state index contributed by atoms with van der Waals surface area (Å²) in [6.07, 6.45) is 3.80. The minimum Gasteiger partial charge on any atom is -0.320 e. The average molecular weight is 366 g/mol. The van der Waals surface area contributed by atoms with Crippen LogP contribution in [0.5, 0.6) is 0 Å². The second kappa shape index (κ2) is 8.98. The summed E-state index contributed by atoms with van der Waals surface area (Å²) in [6, 6.07) is 5.43. The summed E-state index contributed by atoms with van der Waals surface area (Å²) < 4.78 is 14.0. The quantitative estimate of drug-likeness (QED) is 0.853. The maximum atomic E-state index is 13.5. The Morgan fingerprint density at radius 2 is 2.05 bits per heavy atom. The number of hydrogen-bond acceptors (Lipinski definition) is 2. The van der Waals surface area contributed by atoms with Crippen molar-refractivity contribution in [2.45, 2.75) is 25.8 Å². The van der Waals surface area contributed by atoms with Gasteiger partial charge in [-0.2, -0.15) is 0 Å². The van der Waals surface area contributed by atoms with Crippen LogP contribution in [-0.2, 0) is 6.54 Å². The van der Waals surface area contributed by atoms with Crippen LogP contribution in [0, 0.1) is 11.7 Å². The van der Waals surface area contributed by atoms with Gasteiger partial charge in [0.05, 0.1) is 4.47 Å². The van der Waals surface area contributed by atoms with Crippen LogP contribution in [0.2, 0.25) is 0 Å². The molecule has 1 aliphatic rings. The van der Waals surface area contributed by atoms with Crippen molar-refractivity contribution in [1.29, 1.82) is 0 Å². The molecule has 1 aromatic rings. The highest BCUT2D eigenvalue weighted by molar-refractivity contribution is 9.10. The molecule has 0 bridgehead atoms. The standard InChI is InChI=1S/C15H22BrFN2.ClH/c1-18-7-4-12-5-8-19(9-6-12)11-13-2-3-14(16)15(17)10-13;/h2-3,10,12,18H,4-9,11H2,1H3;1H. The van der Waals surface area contributed by atoms with Gasteiger partial charge in [-0.3, -0.25) is 4.90 Å². The van der Waals surface area contributed by atoms with Gasteiger partial charge in [0.25, 0.3) is 0 Å². The van der Waals surface area contributed by atoms with Crippen LogP contribution >= 0.6 is 28.3 Å². The molecule has 0 radical (unpaired) electrons. The number of halogens is 3. The minimum absolute atomic E-state index is 0. The lowest BCUT2D eigenvalue weighted by molar-refractivity contribution is 0.172. The first-order valence-corrected chi connectivity index (χ1v) is 7.79. The molecule has 0 saturated carbocycles. The Kier molecular flexibility index (Phi) is 8.03. The Morgan fingerprint density at radius 3 is 2.65 bits per heavy atom. The van der Waals surface area contributed by atoms with Gasteiger partial charge in [-0.25, -0.2) is 4.39 Å². The number of likely N-dealkylation sites (tertiary alicyclic amines) is 1. The first-order chi connectivity index (χ1) is 9.19. The molecule has 1 heterocycles. The van der Waals surface area contributed by atoms with Crippen LogP contribution in [0.4, 0.5) is 4.39 Å². The summed E-state index contributed by atoms with van der Waals surface area (Å²) in [5.74, 6) is 0.687. The van der Waals surface area contributed by atoms with E-state index in [4.69, 9.17) is 0 Å². The molecule has 1 aromatic carbocycles. The minimum atomic E-state index is -0.165. The van der Waals surface area contributed by atoms with E-state index in [2.05, 4.69) is 26.1 Å². The molecular weight excluding hydrogens is 343 g/mol. The van der Waals surface area contributed by atoms with Crippen LogP contribution in [0.3, 0.4) is 0 Å². The van der Waals surface area contributed by atoms with E-state index >= 15 is 0 Å². The fourth-order valence-corrected chi connectivity index (χ4v) is 2.92. The molecule has 0 atom stereocenters. The molecule has 0 amide bonds. The molecule has 1 N–H and O–H groups in total. The van der Waals surface area contributed by atoms with Gasteiger partial charge in [0, 0.05) is 6.54 Å². The zero-order valence-electron chi connectivity index (χ0n) is 11.9.